The maximum Gasteiger partial charge on any atom is 0.325 e. The van der Waals surface area contributed by atoms with Gasteiger partial charge in [-0.3, -0.25) is 9.78 Å². The Balaban J connectivity index is 1.93. The van der Waals surface area contributed by atoms with E-state index < -0.39 is 11.2 Å². The van der Waals surface area contributed by atoms with Crippen LogP contribution < -0.4 is 16.1 Å². The molecule has 122 valence electrons. The van der Waals surface area contributed by atoms with Gasteiger partial charge in [-0.1, -0.05) is 0 Å². The highest BCUT2D eigenvalue weighted by molar-refractivity contribution is 5.64. The van der Waals surface area contributed by atoms with Gasteiger partial charge in [-0.25, -0.2) is 4.79 Å². The van der Waals surface area contributed by atoms with Gasteiger partial charge in [-0.15, -0.1) is 5.10 Å². The lowest BCUT2D eigenvalue weighted by Gasteiger charge is -2.33. The average Bonchev–Trinajstić information content (AvgIpc) is 2.56. The highest BCUT2D eigenvalue weighted by Gasteiger charge is 2.21. The number of aliphatic hydroxyl groups is 1. The van der Waals surface area contributed by atoms with Gasteiger partial charge >= 0.3 is 5.69 Å². The van der Waals surface area contributed by atoms with Crippen molar-refractivity contribution in [3.8, 4) is 11.3 Å². The van der Waals surface area contributed by atoms with Gasteiger partial charge in [-0.05, 0) is 31.7 Å². The number of aliphatic hydroxyl groups excluding tert-OH is 1. The number of piperidine rings is 1. The number of hydrogen-bond donors (Lipinski definition) is 3. The quantitative estimate of drug-likeness (QED) is 0.736. The molecular weight excluding hydrogens is 298 g/mol. The topological polar surface area (TPSA) is 115 Å². The molecule has 0 aromatic carbocycles. The molecule has 0 unspecified atom stereocenters. The molecule has 1 aliphatic rings. The maximum absolute atomic E-state index is 11.9. The number of aromatic amines is 2. The van der Waals surface area contributed by atoms with E-state index in [1.807, 2.05) is 13.0 Å². The van der Waals surface area contributed by atoms with Gasteiger partial charge in [0.2, 0.25) is 0 Å². The van der Waals surface area contributed by atoms with E-state index in [0.717, 1.165) is 37.3 Å². The summed E-state index contributed by atoms with van der Waals surface area (Å²) in [4.78, 5) is 29.9. The smallest absolute Gasteiger partial charge is 0.325 e. The zero-order valence-electron chi connectivity index (χ0n) is 12.9. The highest BCUT2D eigenvalue weighted by Crippen LogP contribution is 2.27. The van der Waals surface area contributed by atoms with Crippen LogP contribution in [0.2, 0.25) is 0 Å². The zero-order chi connectivity index (χ0) is 16.4. The number of H-pyrrole nitrogens is 2. The third kappa shape index (κ3) is 3.16. The van der Waals surface area contributed by atoms with E-state index in [0.29, 0.717) is 11.6 Å². The largest absolute Gasteiger partial charge is 0.396 e. The van der Waals surface area contributed by atoms with Crippen molar-refractivity contribution in [3.05, 3.63) is 38.8 Å². The Morgan fingerprint density at radius 3 is 2.70 bits per heavy atom. The van der Waals surface area contributed by atoms with Crippen molar-refractivity contribution < 1.29 is 5.11 Å². The molecular formula is C15H19N5O3. The van der Waals surface area contributed by atoms with Crippen molar-refractivity contribution in [3.63, 3.8) is 0 Å². The Morgan fingerprint density at radius 1 is 1.30 bits per heavy atom. The number of nitrogens with zero attached hydrogens (tertiary/aromatic N) is 3. The van der Waals surface area contributed by atoms with Crippen LogP contribution in [0.15, 0.2) is 21.9 Å². The molecule has 2 aromatic heterocycles. The van der Waals surface area contributed by atoms with Crippen molar-refractivity contribution in [2.75, 3.05) is 24.6 Å². The van der Waals surface area contributed by atoms with Crippen LogP contribution >= 0.6 is 0 Å². The fourth-order valence-corrected chi connectivity index (χ4v) is 2.85. The van der Waals surface area contributed by atoms with Crippen molar-refractivity contribution in [2.24, 2.45) is 5.92 Å². The first-order valence-electron chi connectivity index (χ1n) is 7.61. The molecule has 0 atom stereocenters. The van der Waals surface area contributed by atoms with Crippen LogP contribution in [0, 0.1) is 12.8 Å². The summed E-state index contributed by atoms with van der Waals surface area (Å²) in [5.74, 6) is 0.350. The second-order valence-corrected chi connectivity index (χ2v) is 5.80. The summed E-state index contributed by atoms with van der Waals surface area (Å²) in [6, 6.07) is 1.82. The summed E-state index contributed by atoms with van der Waals surface area (Å²) in [7, 11) is 0. The molecule has 0 spiro atoms. The molecule has 3 heterocycles. The lowest BCUT2D eigenvalue weighted by molar-refractivity contribution is 0.203. The molecule has 1 fully saturated rings. The van der Waals surface area contributed by atoms with Crippen LogP contribution in [-0.4, -0.2) is 45.0 Å². The number of nitrogens with one attached hydrogen (secondary N) is 2. The molecule has 1 aliphatic heterocycles. The summed E-state index contributed by atoms with van der Waals surface area (Å²) >= 11 is 0. The van der Waals surface area contributed by atoms with Crippen LogP contribution in [0.3, 0.4) is 0 Å². The van der Waals surface area contributed by atoms with E-state index in [1.54, 1.807) is 0 Å². The molecule has 0 bridgehead atoms. The SMILES string of the molecule is Cc1nnc(-c2c[nH]c(=O)[nH]c2=O)cc1N1CCC(CO)CC1. The normalized spacial score (nSPS) is 15.8. The van der Waals surface area contributed by atoms with Crippen molar-refractivity contribution in [1.29, 1.82) is 0 Å². The van der Waals surface area contributed by atoms with Gasteiger partial charge in [0.05, 0.1) is 16.9 Å². The molecule has 3 rings (SSSR count). The molecule has 8 nitrogen and oxygen atoms in total. The van der Waals surface area contributed by atoms with Crippen molar-refractivity contribution in [2.45, 2.75) is 19.8 Å². The summed E-state index contributed by atoms with van der Waals surface area (Å²) in [5, 5.41) is 17.5. The molecule has 8 heteroatoms. The summed E-state index contributed by atoms with van der Waals surface area (Å²) < 4.78 is 0. The Hall–Kier alpha value is -2.48. The van der Waals surface area contributed by atoms with Crippen molar-refractivity contribution >= 4 is 5.69 Å². The van der Waals surface area contributed by atoms with Gasteiger partial charge < -0.3 is 15.0 Å². The second kappa shape index (κ2) is 6.33. The standard InChI is InChI=1S/C15H19N5O3/c1-9-13(20-4-2-10(8-21)3-5-20)6-12(19-18-9)11-7-16-15(23)17-14(11)22/h6-7,10,21H,2-5,8H2,1H3,(H2,16,17,22,23). The Kier molecular flexibility index (Phi) is 4.24. The Morgan fingerprint density at radius 2 is 2.04 bits per heavy atom. The van der Waals surface area contributed by atoms with Crippen LogP contribution in [0.5, 0.6) is 0 Å². The Labute approximate surface area is 132 Å². The minimum atomic E-state index is -0.551. The van der Waals surface area contributed by atoms with Gasteiger partial charge in [0.15, 0.2) is 0 Å². The fourth-order valence-electron chi connectivity index (χ4n) is 2.85. The fraction of sp³-hybridized carbons (Fsp3) is 0.467. The zero-order valence-corrected chi connectivity index (χ0v) is 12.9. The third-order valence-electron chi connectivity index (χ3n) is 4.26. The summed E-state index contributed by atoms with van der Waals surface area (Å²) in [6.45, 7) is 3.76. The lowest BCUT2D eigenvalue weighted by Crippen LogP contribution is -2.35. The highest BCUT2D eigenvalue weighted by atomic mass is 16.3. The first kappa shape index (κ1) is 15.4. The number of anilines is 1. The molecule has 0 saturated carbocycles. The molecule has 3 N–H and O–H groups in total. The van der Waals surface area contributed by atoms with Crippen LogP contribution in [0.25, 0.3) is 11.3 Å². The number of aromatic nitrogens is 4. The van der Waals surface area contributed by atoms with E-state index in [-0.39, 0.29) is 12.2 Å². The van der Waals surface area contributed by atoms with Gasteiger partial charge in [-0.2, -0.15) is 5.10 Å². The third-order valence-corrected chi connectivity index (χ3v) is 4.26. The van der Waals surface area contributed by atoms with Crippen molar-refractivity contribution in [1.82, 2.24) is 20.2 Å². The van der Waals surface area contributed by atoms with Gasteiger partial charge in [0.25, 0.3) is 5.56 Å². The minimum Gasteiger partial charge on any atom is -0.396 e. The predicted molar refractivity (Wildman–Crippen MR) is 85.5 cm³/mol. The predicted octanol–water partition coefficient (Wildman–Crippen LogP) is 0.0373. The molecule has 2 aromatic rings. The average molecular weight is 317 g/mol. The first-order chi connectivity index (χ1) is 11.1. The minimum absolute atomic E-state index is 0.222. The van der Waals surface area contributed by atoms with Gasteiger partial charge in [0.1, 0.15) is 5.69 Å². The lowest BCUT2D eigenvalue weighted by atomic mass is 9.97. The summed E-state index contributed by atoms with van der Waals surface area (Å²) in [5.41, 5.74) is 1.38. The number of rotatable bonds is 3. The van der Waals surface area contributed by atoms with Crippen LogP contribution in [0.4, 0.5) is 5.69 Å². The van der Waals surface area contributed by atoms with E-state index in [1.165, 1.54) is 6.20 Å². The van der Waals surface area contributed by atoms with E-state index in [2.05, 4.69) is 25.1 Å². The van der Waals surface area contributed by atoms with E-state index >= 15 is 0 Å². The number of aryl methyl sites for hydroxylation is 1. The Bertz CT molecular complexity index is 805. The van der Waals surface area contributed by atoms with E-state index in [4.69, 9.17) is 0 Å². The van der Waals surface area contributed by atoms with Gasteiger partial charge in [0, 0.05) is 25.9 Å². The van der Waals surface area contributed by atoms with Crippen LogP contribution in [0.1, 0.15) is 18.5 Å². The number of hydrogen-bond acceptors (Lipinski definition) is 6. The molecule has 0 aliphatic carbocycles. The monoisotopic (exact) mass is 317 g/mol. The maximum atomic E-state index is 11.9. The molecule has 23 heavy (non-hydrogen) atoms. The van der Waals surface area contributed by atoms with Crippen LogP contribution in [-0.2, 0) is 0 Å². The molecule has 1 saturated heterocycles. The van der Waals surface area contributed by atoms with E-state index in [9.17, 15) is 14.7 Å². The molecule has 0 radical (unpaired) electrons. The first-order valence-corrected chi connectivity index (χ1v) is 7.61. The second-order valence-electron chi connectivity index (χ2n) is 5.80. The molecule has 0 amide bonds. The summed E-state index contributed by atoms with van der Waals surface area (Å²) in [6.07, 6.45) is 3.20.